The van der Waals surface area contributed by atoms with Crippen LogP contribution in [-0.4, -0.2) is 50.9 Å². The van der Waals surface area contributed by atoms with Gasteiger partial charge in [-0.2, -0.15) is 0 Å². The third kappa shape index (κ3) is 5.22. The third-order valence-corrected chi connectivity index (χ3v) is 5.82. The number of aromatic nitrogens is 2. The highest BCUT2D eigenvalue weighted by atomic mass is 16.5. The number of allylic oxidation sites excluding steroid dienone is 1. The van der Waals surface area contributed by atoms with Gasteiger partial charge in [-0.05, 0) is 35.8 Å². The monoisotopic (exact) mass is 471 g/mol. The van der Waals surface area contributed by atoms with Crippen molar-refractivity contribution in [3.8, 4) is 0 Å². The number of methoxy groups -OCH3 is 1. The second-order valence-corrected chi connectivity index (χ2v) is 8.04. The number of hydrogen-bond donors (Lipinski definition) is 1. The van der Waals surface area contributed by atoms with Crippen molar-refractivity contribution >= 4 is 23.7 Å². The number of ether oxygens (including phenoxy) is 1. The molecule has 0 saturated carbocycles. The van der Waals surface area contributed by atoms with E-state index in [1.807, 2.05) is 41.1 Å². The van der Waals surface area contributed by atoms with Gasteiger partial charge in [0.25, 0.3) is 5.91 Å². The van der Waals surface area contributed by atoms with Gasteiger partial charge in [-0.25, -0.2) is 9.78 Å². The van der Waals surface area contributed by atoms with E-state index in [4.69, 9.17) is 4.74 Å². The summed E-state index contributed by atoms with van der Waals surface area (Å²) in [6, 6.07) is 15.0. The number of nitrogens with zero attached hydrogens (tertiary/aromatic N) is 3. The number of aliphatic hydroxyl groups is 1. The van der Waals surface area contributed by atoms with Crippen LogP contribution >= 0.6 is 0 Å². The summed E-state index contributed by atoms with van der Waals surface area (Å²) >= 11 is 0. The molecule has 3 aromatic rings. The lowest BCUT2D eigenvalue weighted by molar-refractivity contribution is -0.129. The third-order valence-electron chi connectivity index (χ3n) is 5.82. The molecule has 0 aliphatic carbocycles. The van der Waals surface area contributed by atoms with Crippen LogP contribution in [0, 0.1) is 0 Å². The van der Waals surface area contributed by atoms with Crippen LogP contribution in [0.4, 0.5) is 0 Å². The van der Waals surface area contributed by atoms with Crippen LogP contribution < -0.4 is 0 Å². The molecule has 0 spiro atoms. The van der Waals surface area contributed by atoms with Crippen LogP contribution in [0.3, 0.4) is 0 Å². The fourth-order valence-corrected chi connectivity index (χ4v) is 4.07. The van der Waals surface area contributed by atoms with Crippen LogP contribution in [-0.2, 0) is 20.9 Å². The Morgan fingerprint density at radius 3 is 2.49 bits per heavy atom. The highest BCUT2D eigenvalue weighted by molar-refractivity contribution is 6.14. The largest absolute Gasteiger partial charge is 0.503 e. The van der Waals surface area contributed by atoms with Crippen molar-refractivity contribution in [2.45, 2.75) is 19.0 Å². The zero-order valence-electron chi connectivity index (χ0n) is 19.2. The van der Waals surface area contributed by atoms with Crippen LogP contribution in [0.2, 0.25) is 0 Å². The quantitative estimate of drug-likeness (QED) is 0.377. The molecule has 1 aliphatic rings. The highest BCUT2D eigenvalue weighted by Crippen LogP contribution is 2.38. The van der Waals surface area contributed by atoms with Crippen molar-refractivity contribution in [3.63, 3.8) is 0 Å². The van der Waals surface area contributed by atoms with Crippen molar-refractivity contribution in [2.75, 3.05) is 13.7 Å². The number of aliphatic hydroxyl groups excluding tert-OH is 1. The normalized spacial score (nSPS) is 15.7. The standard InChI is InChI=1S/C27H25N3O5/c1-35-27(34)21-11-9-20(10-12-21)24-23(22(31)13-8-19-6-3-2-4-7-19)25(32)26(33)30(24)16-5-15-29-17-14-28-18-29/h2-4,6-14,17-18,24,32H,5,15-16H2,1H3/b13-8+. The molecule has 0 radical (unpaired) electrons. The maximum absolute atomic E-state index is 13.2. The van der Waals surface area contributed by atoms with E-state index in [0.717, 1.165) is 5.56 Å². The molecule has 1 N–H and O–H groups in total. The van der Waals surface area contributed by atoms with Gasteiger partial charge in [0.2, 0.25) is 0 Å². The number of aryl methyl sites for hydroxylation is 1. The van der Waals surface area contributed by atoms with Crippen LogP contribution in [0.5, 0.6) is 0 Å². The Kier molecular flexibility index (Phi) is 7.21. The molecule has 0 saturated heterocycles. The first-order chi connectivity index (χ1) is 17.0. The van der Waals surface area contributed by atoms with Crippen molar-refractivity contribution in [1.82, 2.24) is 14.5 Å². The second-order valence-electron chi connectivity index (χ2n) is 8.04. The Labute approximate surface area is 202 Å². The average Bonchev–Trinajstić information content (AvgIpc) is 3.50. The van der Waals surface area contributed by atoms with Crippen molar-refractivity contribution in [2.24, 2.45) is 0 Å². The first kappa shape index (κ1) is 23.7. The summed E-state index contributed by atoms with van der Waals surface area (Å²) in [5.74, 6) is -2.11. The molecule has 4 rings (SSSR count). The van der Waals surface area contributed by atoms with Crippen LogP contribution in [0.15, 0.2) is 90.7 Å². The summed E-state index contributed by atoms with van der Waals surface area (Å²) in [6.07, 6.45) is 8.79. The fourth-order valence-electron chi connectivity index (χ4n) is 4.07. The number of carbonyl (C=O) groups excluding carboxylic acids is 3. The first-order valence-electron chi connectivity index (χ1n) is 11.1. The van der Waals surface area contributed by atoms with Crippen molar-refractivity contribution in [3.05, 3.63) is 107 Å². The lowest BCUT2D eigenvalue weighted by Gasteiger charge is -2.26. The van der Waals surface area contributed by atoms with Gasteiger partial charge in [0, 0.05) is 25.5 Å². The molecule has 1 unspecified atom stereocenters. The van der Waals surface area contributed by atoms with E-state index in [9.17, 15) is 19.5 Å². The maximum Gasteiger partial charge on any atom is 0.337 e. The summed E-state index contributed by atoms with van der Waals surface area (Å²) in [6.45, 7) is 0.930. The number of ketones is 1. The van der Waals surface area contributed by atoms with E-state index in [1.54, 1.807) is 42.9 Å². The number of carbonyl (C=O) groups is 3. The molecule has 1 amide bonds. The predicted octanol–water partition coefficient (Wildman–Crippen LogP) is 3.74. The number of amides is 1. The molecule has 1 aromatic heterocycles. The molecule has 0 bridgehead atoms. The number of esters is 1. The van der Waals surface area contributed by atoms with E-state index >= 15 is 0 Å². The Morgan fingerprint density at radius 1 is 1.09 bits per heavy atom. The molecule has 0 fully saturated rings. The molecular formula is C27H25N3O5. The van der Waals surface area contributed by atoms with Gasteiger partial charge < -0.3 is 19.3 Å². The average molecular weight is 472 g/mol. The zero-order chi connectivity index (χ0) is 24.8. The summed E-state index contributed by atoms with van der Waals surface area (Å²) in [4.78, 5) is 43.6. The second kappa shape index (κ2) is 10.6. The Morgan fingerprint density at radius 2 is 1.83 bits per heavy atom. The van der Waals surface area contributed by atoms with Crippen molar-refractivity contribution < 1.29 is 24.2 Å². The van der Waals surface area contributed by atoms with E-state index < -0.39 is 29.5 Å². The maximum atomic E-state index is 13.2. The number of benzene rings is 2. The van der Waals surface area contributed by atoms with Gasteiger partial charge in [-0.15, -0.1) is 0 Å². The van der Waals surface area contributed by atoms with E-state index in [1.165, 1.54) is 18.1 Å². The number of imidazole rings is 1. The first-order valence-corrected chi connectivity index (χ1v) is 11.1. The molecule has 8 heteroatoms. The van der Waals surface area contributed by atoms with Gasteiger partial charge in [-0.3, -0.25) is 9.59 Å². The predicted molar refractivity (Wildman–Crippen MR) is 129 cm³/mol. The number of rotatable bonds is 9. The van der Waals surface area contributed by atoms with E-state index in [-0.39, 0.29) is 5.57 Å². The molecule has 178 valence electrons. The summed E-state index contributed by atoms with van der Waals surface area (Å²) < 4.78 is 6.65. The number of hydrogen-bond acceptors (Lipinski definition) is 6. The van der Waals surface area contributed by atoms with Gasteiger partial charge in [0.05, 0.1) is 30.6 Å². The smallest absolute Gasteiger partial charge is 0.337 e. The lowest BCUT2D eigenvalue weighted by atomic mass is 9.94. The molecule has 8 nitrogen and oxygen atoms in total. The van der Waals surface area contributed by atoms with Gasteiger partial charge in [0.15, 0.2) is 11.5 Å². The van der Waals surface area contributed by atoms with Gasteiger partial charge in [0.1, 0.15) is 0 Å². The van der Waals surface area contributed by atoms with Crippen LogP contribution in [0.25, 0.3) is 6.08 Å². The lowest BCUT2D eigenvalue weighted by Crippen LogP contribution is -2.32. The summed E-state index contributed by atoms with van der Waals surface area (Å²) in [7, 11) is 1.30. The molecule has 1 atom stereocenters. The Bertz CT molecular complexity index is 1260. The topological polar surface area (TPSA) is 102 Å². The van der Waals surface area contributed by atoms with Gasteiger partial charge >= 0.3 is 5.97 Å². The minimum atomic E-state index is -0.787. The Hall–Kier alpha value is -4.46. The summed E-state index contributed by atoms with van der Waals surface area (Å²) in [5.41, 5.74) is 1.78. The zero-order valence-corrected chi connectivity index (χ0v) is 19.2. The fraction of sp³-hybridized carbons (Fsp3) is 0.185. The van der Waals surface area contributed by atoms with Crippen LogP contribution in [0.1, 0.15) is 33.9 Å². The SMILES string of the molecule is COC(=O)c1ccc(C2C(C(=O)/C=C/c3ccccc3)=C(O)C(=O)N2CCCn2ccnc2)cc1. The van der Waals surface area contributed by atoms with Gasteiger partial charge in [-0.1, -0.05) is 48.5 Å². The Balaban J connectivity index is 1.63. The van der Waals surface area contributed by atoms with Crippen molar-refractivity contribution in [1.29, 1.82) is 0 Å². The van der Waals surface area contributed by atoms with E-state index in [0.29, 0.717) is 30.6 Å². The minimum absolute atomic E-state index is 0.00984. The summed E-state index contributed by atoms with van der Waals surface area (Å²) in [5, 5.41) is 10.7. The molecular weight excluding hydrogens is 446 g/mol. The molecule has 2 heterocycles. The molecule has 35 heavy (non-hydrogen) atoms. The molecule has 2 aromatic carbocycles. The van der Waals surface area contributed by atoms with E-state index in [2.05, 4.69) is 4.98 Å². The minimum Gasteiger partial charge on any atom is -0.503 e. The highest BCUT2D eigenvalue weighted by Gasteiger charge is 2.42. The molecule has 1 aliphatic heterocycles.